The summed E-state index contributed by atoms with van der Waals surface area (Å²) in [5.74, 6) is 0.226. The summed E-state index contributed by atoms with van der Waals surface area (Å²) in [6, 6.07) is 57.0. The quantitative estimate of drug-likeness (QED) is 0.185. The molecule has 2 heteroatoms. The van der Waals surface area contributed by atoms with Crippen molar-refractivity contribution in [3.63, 3.8) is 0 Å². The number of aromatic nitrogens is 1. The molecule has 0 saturated carbocycles. The van der Waals surface area contributed by atoms with Crippen LogP contribution in [0.3, 0.4) is 0 Å². The van der Waals surface area contributed by atoms with Crippen molar-refractivity contribution in [2.45, 2.75) is 5.92 Å². The van der Waals surface area contributed by atoms with Crippen molar-refractivity contribution >= 4 is 61.2 Å². The van der Waals surface area contributed by atoms with Crippen molar-refractivity contribution in [2.75, 3.05) is 0 Å². The molecule has 45 heavy (non-hydrogen) atoms. The van der Waals surface area contributed by atoms with Gasteiger partial charge in [0.1, 0.15) is 0 Å². The largest absolute Gasteiger partial charge is 0.308 e. The van der Waals surface area contributed by atoms with Gasteiger partial charge in [0.25, 0.3) is 0 Å². The Morgan fingerprint density at radius 2 is 1.09 bits per heavy atom. The summed E-state index contributed by atoms with van der Waals surface area (Å²) in [4.78, 5) is 0. The van der Waals surface area contributed by atoms with Gasteiger partial charge in [-0.1, -0.05) is 150 Å². The van der Waals surface area contributed by atoms with Crippen molar-refractivity contribution < 1.29 is 0 Å². The van der Waals surface area contributed by atoms with Crippen LogP contribution in [0.4, 0.5) is 0 Å². The summed E-state index contributed by atoms with van der Waals surface area (Å²) in [5, 5.41) is 5.34. The lowest BCUT2D eigenvalue weighted by atomic mass is 9.32. The van der Waals surface area contributed by atoms with Gasteiger partial charge in [-0.05, 0) is 57.1 Å². The normalized spacial score (nSPS) is 14.8. The number of benzene rings is 7. The second kappa shape index (κ2) is 8.52. The summed E-state index contributed by atoms with van der Waals surface area (Å²) in [5.41, 5.74) is 17.8. The maximum absolute atomic E-state index is 2.56. The van der Waals surface area contributed by atoms with Crippen LogP contribution in [0, 0.1) is 0 Å². The first-order chi connectivity index (χ1) is 22.4. The molecule has 0 bridgehead atoms. The van der Waals surface area contributed by atoms with Crippen molar-refractivity contribution in [2.24, 2.45) is 0 Å². The summed E-state index contributed by atoms with van der Waals surface area (Å²) >= 11 is 0. The van der Waals surface area contributed by atoms with Crippen LogP contribution in [0.1, 0.15) is 22.6 Å². The second-order valence-corrected chi connectivity index (χ2v) is 12.8. The first-order valence-electron chi connectivity index (χ1n) is 15.9. The Bertz CT molecular complexity index is 2660. The van der Waals surface area contributed by atoms with Crippen molar-refractivity contribution in [1.29, 1.82) is 0 Å². The molecule has 1 aliphatic heterocycles. The van der Waals surface area contributed by atoms with Gasteiger partial charge in [0.15, 0.2) is 0 Å². The standard InChI is InChI=1S/C43H26BN/c1-2-12-26(13-3-1)27-14-6-8-21-36(27)44-37-22-11-18-31-28-15-4-5-17-30(28)41(42(31)37)35-24-34-33-20-10-19-32-29-16-7-9-23-39(29)45(43(32)33)40(34)25-38(35)44/h1-25,41H. The Labute approximate surface area is 261 Å². The van der Waals surface area contributed by atoms with Gasteiger partial charge in [0.2, 0.25) is 6.71 Å². The molecule has 1 nitrogen and oxygen atoms in total. The molecule has 0 fully saturated rings. The SMILES string of the molecule is c1ccc(-c2ccccc2B2c3cc4c(cc3C3c5ccccc5-c5cccc2c53)c2cccc3c5ccccc5n4c32)cc1. The molecule has 0 amide bonds. The molecule has 0 radical (unpaired) electrons. The van der Waals surface area contributed by atoms with E-state index in [0.29, 0.717) is 0 Å². The first-order valence-corrected chi connectivity index (χ1v) is 15.9. The van der Waals surface area contributed by atoms with E-state index in [9.17, 15) is 0 Å². The molecule has 7 aromatic carbocycles. The molecule has 1 unspecified atom stereocenters. The third-order valence-corrected chi connectivity index (χ3v) is 10.7. The minimum Gasteiger partial charge on any atom is -0.308 e. The summed E-state index contributed by atoms with van der Waals surface area (Å²) < 4.78 is 2.53. The lowest BCUT2D eigenvalue weighted by Crippen LogP contribution is -2.58. The third-order valence-electron chi connectivity index (χ3n) is 10.7. The van der Waals surface area contributed by atoms with Gasteiger partial charge in [-0.25, -0.2) is 0 Å². The van der Waals surface area contributed by atoms with Crippen LogP contribution in [-0.2, 0) is 0 Å². The van der Waals surface area contributed by atoms with E-state index in [0.717, 1.165) is 0 Å². The van der Waals surface area contributed by atoms with Crippen LogP contribution >= 0.6 is 0 Å². The maximum atomic E-state index is 2.56. The molecular weight excluding hydrogens is 541 g/mol. The van der Waals surface area contributed by atoms with Gasteiger partial charge < -0.3 is 4.40 Å². The van der Waals surface area contributed by atoms with E-state index in [-0.39, 0.29) is 12.6 Å². The monoisotopic (exact) mass is 567 g/mol. The number of hydrogen-bond donors (Lipinski definition) is 0. The molecule has 2 aliphatic rings. The van der Waals surface area contributed by atoms with Crippen LogP contribution in [-0.4, -0.2) is 11.1 Å². The molecular formula is C43H26BN. The summed E-state index contributed by atoms with van der Waals surface area (Å²) in [6.45, 7) is 0.114. The minimum atomic E-state index is 0.114. The molecule has 9 aromatic rings. The van der Waals surface area contributed by atoms with Crippen LogP contribution in [0.2, 0.25) is 0 Å². The number of hydrogen-bond acceptors (Lipinski definition) is 0. The van der Waals surface area contributed by atoms with Gasteiger partial charge in [-0.3, -0.25) is 0 Å². The summed E-state index contributed by atoms with van der Waals surface area (Å²) in [6.07, 6.45) is 0. The zero-order valence-electron chi connectivity index (χ0n) is 24.5. The van der Waals surface area contributed by atoms with Crippen LogP contribution in [0.15, 0.2) is 152 Å². The van der Waals surface area contributed by atoms with E-state index in [2.05, 4.69) is 156 Å². The molecule has 206 valence electrons. The van der Waals surface area contributed by atoms with Crippen LogP contribution in [0.5, 0.6) is 0 Å². The van der Waals surface area contributed by atoms with E-state index < -0.39 is 0 Å². The second-order valence-electron chi connectivity index (χ2n) is 12.8. The topological polar surface area (TPSA) is 4.41 Å². The van der Waals surface area contributed by atoms with Crippen LogP contribution < -0.4 is 16.4 Å². The molecule has 1 atom stereocenters. The van der Waals surface area contributed by atoms with E-state index in [4.69, 9.17) is 0 Å². The van der Waals surface area contributed by atoms with Crippen molar-refractivity contribution in [1.82, 2.24) is 4.40 Å². The number of para-hydroxylation sites is 2. The fourth-order valence-electron chi connectivity index (χ4n) is 9.00. The number of nitrogens with zero attached hydrogens (tertiary/aromatic N) is 1. The highest BCUT2D eigenvalue weighted by Gasteiger charge is 2.43. The highest BCUT2D eigenvalue weighted by atomic mass is 14.9. The zero-order chi connectivity index (χ0) is 29.2. The lowest BCUT2D eigenvalue weighted by molar-refractivity contribution is 1.03. The number of fused-ring (bicyclic) bond motifs is 11. The molecule has 0 saturated heterocycles. The van der Waals surface area contributed by atoms with Gasteiger partial charge in [-0.15, -0.1) is 0 Å². The molecule has 0 N–H and O–H groups in total. The number of rotatable bonds is 2. The highest BCUT2D eigenvalue weighted by Crippen LogP contribution is 2.49. The predicted molar refractivity (Wildman–Crippen MR) is 190 cm³/mol. The Morgan fingerprint density at radius 3 is 2.00 bits per heavy atom. The summed E-state index contributed by atoms with van der Waals surface area (Å²) in [7, 11) is 0. The Balaban J connectivity index is 1.31. The average Bonchev–Trinajstić information content (AvgIpc) is 3.74. The molecule has 2 aromatic heterocycles. The Kier molecular flexibility index (Phi) is 4.51. The zero-order valence-corrected chi connectivity index (χ0v) is 24.5. The highest BCUT2D eigenvalue weighted by molar-refractivity contribution is 6.97. The first kappa shape index (κ1) is 23.8. The minimum absolute atomic E-state index is 0.114. The molecule has 3 heterocycles. The fraction of sp³-hybridized carbons (Fsp3) is 0.0233. The van der Waals surface area contributed by atoms with E-state index in [1.807, 2.05) is 0 Å². The Morgan fingerprint density at radius 1 is 0.422 bits per heavy atom. The molecule has 1 aliphatic carbocycles. The van der Waals surface area contributed by atoms with E-state index in [1.165, 1.54) is 93.4 Å². The van der Waals surface area contributed by atoms with Gasteiger partial charge >= 0.3 is 0 Å². The molecule has 0 spiro atoms. The molecule has 11 rings (SSSR count). The van der Waals surface area contributed by atoms with E-state index >= 15 is 0 Å². The van der Waals surface area contributed by atoms with Crippen LogP contribution in [0.25, 0.3) is 60.3 Å². The maximum Gasteiger partial charge on any atom is 0.242 e. The average molecular weight is 568 g/mol. The van der Waals surface area contributed by atoms with Gasteiger partial charge in [0, 0.05) is 27.5 Å². The fourth-order valence-corrected chi connectivity index (χ4v) is 9.00. The third kappa shape index (κ3) is 2.95. The Hall–Kier alpha value is -5.60. The smallest absolute Gasteiger partial charge is 0.242 e. The van der Waals surface area contributed by atoms with Gasteiger partial charge in [-0.2, -0.15) is 0 Å². The van der Waals surface area contributed by atoms with Crippen molar-refractivity contribution in [3.8, 4) is 22.3 Å². The lowest BCUT2D eigenvalue weighted by Gasteiger charge is -2.32. The van der Waals surface area contributed by atoms with Crippen molar-refractivity contribution in [3.05, 3.63) is 168 Å². The van der Waals surface area contributed by atoms with E-state index in [1.54, 1.807) is 0 Å². The van der Waals surface area contributed by atoms with Gasteiger partial charge in [0.05, 0.1) is 16.6 Å². The predicted octanol–water partition coefficient (Wildman–Crippen LogP) is 8.49.